The van der Waals surface area contributed by atoms with E-state index in [0.29, 0.717) is 37.4 Å². The van der Waals surface area contributed by atoms with Crippen LogP contribution in [-0.4, -0.2) is 35.5 Å². The lowest BCUT2D eigenvalue weighted by Crippen LogP contribution is -2.21. The van der Waals surface area contributed by atoms with Gasteiger partial charge in [-0.25, -0.2) is 4.68 Å². The Morgan fingerprint density at radius 3 is 2.81 bits per heavy atom. The summed E-state index contributed by atoms with van der Waals surface area (Å²) in [6, 6.07) is 7.69. The summed E-state index contributed by atoms with van der Waals surface area (Å²) in [7, 11) is 0. The summed E-state index contributed by atoms with van der Waals surface area (Å²) in [5.74, 6) is 2.76. The summed E-state index contributed by atoms with van der Waals surface area (Å²) in [6.07, 6.45) is 8.00. The van der Waals surface area contributed by atoms with Gasteiger partial charge in [-0.15, -0.1) is 0 Å². The highest BCUT2D eigenvalue weighted by molar-refractivity contribution is 5.89. The molecule has 0 bridgehead atoms. The van der Waals surface area contributed by atoms with E-state index in [-0.39, 0.29) is 12.3 Å². The number of hydrogen-bond donors (Lipinski definition) is 1. The van der Waals surface area contributed by atoms with E-state index in [4.69, 9.17) is 14.2 Å². The zero-order chi connectivity index (χ0) is 18.5. The Balaban J connectivity index is 1.27. The fourth-order valence-corrected chi connectivity index (χ4v) is 3.61. The average Bonchev–Trinajstić information content (AvgIpc) is 3.16. The number of amides is 1. The molecule has 1 amide bonds. The molecule has 1 aromatic heterocycles. The number of benzene rings is 1. The van der Waals surface area contributed by atoms with Gasteiger partial charge in [0.25, 0.3) is 0 Å². The van der Waals surface area contributed by atoms with E-state index in [1.807, 2.05) is 22.9 Å². The number of carbonyl (C=O) groups excluding carboxylic acids is 1. The monoisotopic (exact) mass is 371 g/mol. The van der Waals surface area contributed by atoms with Crippen molar-refractivity contribution in [1.82, 2.24) is 9.78 Å². The summed E-state index contributed by atoms with van der Waals surface area (Å²) < 4.78 is 18.7. The van der Waals surface area contributed by atoms with Crippen molar-refractivity contribution in [2.75, 3.05) is 25.1 Å². The molecule has 0 unspecified atom stereocenters. The SMILES string of the molecule is O=C(CCOc1ccc2c(c1)OCCO2)Nc1ccnn1C1CCCCC1. The van der Waals surface area contributed by atoms with Crippen molar-refractivity contribution < 1.29 is 19.0 Å². The molecule has 1 aliphatic heterocycles. The Morgan fingerprint density at radius 2 is 1.96 bits per heavy atom. The first-order chi connectivity index (χ1) is 13.3. The third kappa shape index (κ3) is 4.35. The first-order valence-electron chi connectivity index (χ1n) is 9.65. The van der Waals surface area contributed by atoms with Crippen molar-refractivity contribution in [2.45, 2.75) is 44.6 Å². The molecule has 4 rings (SSSR count). The Hall–Kier alpha value is -2.70. The van der Waals surface area contributed by atoms with E-state index >= 15 is 0 Å². The number of rotatable bonds is 6. The number of ether oxygens (including phenoxy) is 3. The number of hydrogen-bond acceptors (Lipinski definition) is 5. The van der Waals surface area contributed by atoms with Gasteiger partial charge in [0.2, 0.25) is 5.91 Å². The van der Waals surface area contributed by atoms with Crippen molar-refractivity contribution in [3.05, 3.63) is 30.5 Å². The van der Waals surface area contributed by atoms with Crippen LogP contribution in [0, 0.1) is 0 Å². The highest BCUT2D eigenvalue weighted by Gasteiger charge is 2.19. The standard InChI is InChI=1S/C20H25N3O4/c24-20(22-19-8-10-21-23(19)15-4-2-1-3-5-15)9-11-25-16-6-7-17-18(14-16)27-13-12-26-17/h6-8,10,14-15H,1-5,9,11-13H2,(H,22,24). The number of nitrogens with zero attached hydrogens (tertiary/aromatic N) is 2. The lowest BCUT2D eigenvalue weighted by Gasteiger charge is -2.23. The molecule has 1 N–H and O–H groups in total. The maximum Gasteiger partial charge on any atom is 0.228 e. The highest BCUT2D eigenvalue weighted by atomic mass is 16.6. The minimum atomic E-state index is -0.0786. The molecule has 144 valence electrons. The Morgan fingerprint density at radius 1 is 1.15 bits per heavy atom. The van der Waals surface area contributed by atoms with Gasteiger partial charge in [0, 0.05) is 12.1 Å². The largest absolute Gasteiger partial charge is 0.493 e. The highest BCUT2D eigenvalue weighted by Crippen LogP contribution is 2.33. The van der Waals surface area contributed by atoms with Gasteiger partial charge in [-0.3, -0.25) is 4.79 Å². The van der Waals surface area contributed by atoms with E-state index in [1.54, 1.807) is 12.3 Å². The Bertz CT molecular complexity index is 783. The molecule has 2 heterocycles. The van der Waals surface area contributed by atoms with Gasteiger partial charge in [-0.05, 0) is 25.0 Å². The maximum atomic E-state index is 12.3. The Kier molecular flexibility index (Phi) is 5.46. The van der Waals surface area contributed by atoms with Crippen LogP contribution in [-0.2, 0) is 4.79 Å². The molecule has 2 aromatic rings. The fraction of sp³-hybridized carbons (Fsp3) is 0.500. The van der Waals surface area contributed by atoms with Crippen LogP contribution in [0.3, 0.4) is 0 Å². The molecular weight excluding hydrogens is 346 g/mol. The fourth-order valence-electron chi connectivity index (χ4n) is 3.61. The van der Waals surface area contributed by atoms with E-state index in [9.17, 15) is 4.79 Å². The van der Waals surface area contributed by atoms with Crippen LogP contribution in [0.1, 0.15) is 44.6 Å². The molecule has 7 heteroatoms. The second-order valence-corrected chi connectivity index (χ2v) is 6.90. The van der Waals surface area contributed by atoms with Crippen LogP contribution in [0.15, 0.2) is 30.5 Å². The van der Waals surface area contributed by atoms with Crippen LogP contribution in [0.25, 0.3) is 0 Å². The molecule has 0 spiro atoms. The Labute approximate surface area is 158 Å². The topological polar surface area (TPSA) is 74.6 Å². The van der Waals surface area contributed by atoms with E-state index in [2.05, 4.69) is 10.4 Å². The summed E-state index contributed by atoms with van der Waals surface area (Å²) in [6.45, 7) is 1.39. The van der Waals surface area contributed by atoms with Crippen LogP contribution in [0.5, 0.6) is 17.2 Å². The second kappa shape index (κ2) is 8.33. The lowest BCUT2D eigenvalue weighted by atomic mass is 9.96. The summed E-state index contributed by atoms with van der Waals surface area (Å²) in [5.41, 5.74) is 0. The third-order valence-electron chi connectivity index (χ3n) is 4.97. The van der Waals surface area contributed by atoms with Gasteiger partial charge in [0.15, 0.2) is 11.5 Å². The number of anilines is 1. The average molecular weight is 371 g/mol. The molecule has 1 saturated carbocycles. The molecule has 0 radical (unpaired) electrons. The summed E-state index contributed by atoms with van der Waals surface area (Å²) >= 11 is 0. The summed E-state index contributed by atoms with van der Waals surface area (Å²) in [4.78, 5) is 12.3. The van der Waals surface area contributed by atoms with Gasteiger partial charge < -0.3 is 19.5 Å². The second-order valence-electron chi connectivity index (χ2n) is 6.90. The van der Waals surface area contributed by atoms with Crippen LogP contribution >= 0.6 is 0 Å². The zero-order valence-corrected chi connectivity index (χ0v) is 15.4. The van der Waals surface area contributed by atoms with Gasteiger partial charge in [-0.2, -0.15) is 5.10 Å². The minimum absolute atomic E-state index is 0.0786. The van der Waals surface area contributed by atoms with Gasteiger partial charge >= 0.3 is 0 Å². The summed E-state index contributed by atoms with van der Waals surface area (Å²) in [5, 5.41) is 7.37. The number of fused-ring (bicyclic) bond motifs is 1. The predicted octanol–water partition coefficient (Wildman–Crippen LogP) is 3.57. The van der Waals surface area contributed by atoms with Crippen molar-refractivity contribution in [3.63, 3.8) is 0 Å². The van der Waals surface area contributed by atoms with E-state index < -0.39 is 0 Å². The number of aromatic nitrogens is 2. The normalized spacial score (nSPS) is 16.7. The van der Waals surface area contributed by atoms with E-state index in [1.165, 1.54) is 19.3 Å². The van der Waals surface area contributed by atoms with Crippen LogP contribution in [0.4, 0.5) is 5.82 Å². The predicted molar refractivity (Wildman–Crippen MR) is 101 cm³/mol. The molecule has 1 fully saturated rings. The molecule has 27 heavy (non-hydrogen) atoms. The van der Waals surface area contributed by atoms with Crippen LogP contribution in [0.2, 0.25) is 0 Å². The van der Waals surface area contributed by atoms with Crippen molar-refractivity contribution in [2.24, 2.45) is 0 Å². The van der Waals surface area contributed by atoms with Gasteiger partial charge in [0.1, 0.15) is 24.8 Å². The van der Waals surface area contributed by atoms with Crippen molar-refractivity contribution in [1.29, 1.82) is 0 Å². The van der Waals surface area contributed by atoms with Crippen molar-refractivity contribution in [3.8, 4) is 17.2 Å². The molecule has 0 saturated heterocycles. The van der Waals surface area contributed by atoms with Gasteiger partial charge in [-0.1, -0.05) is 19.3 Å². The zero-order valence-electron chi connectivity index (χ0n) is 15.4. The smallest absolute Gasteiger partial charge is 0.228 e. The quantitative estimate of drug-likeness (QED) is 0.840. The van der Waals surface area contributed by atoms with Crippen molar-refractivity contribution >= 4 is 11.7 Å². The number of carbonyl (C=O) groups is 1. The third-order valence-corrected chi connectivity index (χ3v) is 4.97. The minimum Gasteiger partial charge on any atom is -0.493 e. The molecule has 7 nitrogen and oxygen atoms in total. The number of nitrogens with one attached hydrogen (secondary N) is 1. The maximum absolute atomic E-state index is 12.3. The van der Waals surface area contributed by atoms with E-state index in [0.717, 1.165) is 24.4 Å². The first-order valence-corrected chi connectivity index (χ1v) is 9.65. The molecule has 2 aliphatic rings. The molecular formula is C20H25N3O4. The molecule has 0 atom stereocenters. The lowest BCUT2D eigenvalue weighted by molar-refractivity contribution is -0.116. The van der Waals surface area contributed by atoms with Gasteiger partial charge in [0.05, 0.1) is 25.3 Å². The molecule has 1 aromatic carbocycles. The first kappa shape index (κ1) is 17.7. The molecule has 1 aliphatic carbocycles. The van der Waals surface area contributed by atoms with Crippen LogP contribution < -0.4 is 19.5 Å².